The van der Waals surface area contributed by atoms with Gasteiger partial charge in [-0.2, -0.15) is 0 Å². The Morgan fingerprint density at radius 1 is 1.39 bits per heavy atom. The van der Waals surface area contributed by atoms with Crippen LogP contribution < -0.4 is 5.32 Å². The van der Waals surface area contributed by atoms with Crippen LogP contribution in [0.4, 0.5) is 5.69 Å². The number of benzene rings is 1. The second-order valence-electron chi connectivity index (χ2n) is 4.44. The maximum absolute atomic E-state index is 11.6. The first kappa shape index (κ1) is 12.6. The van der Waals surface area contributed by atoms with Crippen LogP contribution in [-0.4, -0.2) is 18.2 Å². The standard InChI is InChI=1S/C14H18N2O2/c1-3-18-16-10(2)11-6-8-13(9-7-11)15-14(17)12-4-5-12/h6-9,12H,3-5H2,1-2H3,(H,15,17)/b16-10+. The van der Waals surface area contributed by atoms with E-state index in [0.717, 1.165) is 29.8 Å². The van der Waals surface area contributed by atoms with Gasteiger partial charge in [0.25, 0.3) is 0 Å². The summed E-state index contributed by atoms with van der Waals surface area (Å²) in [5, 5.41) is 6.87. The van der Waals surface area contributed by atoms with E-state index in [-0.39, 0.29) is 11.8 Å². The molecule has 1 aromatic carbocycles. The van der Waals surface area contributed by atoms with E-state index in [4.69, 9.17) is 4.84 Å². The van der Waals surface area contributed by atoms with Gasteiger partial charge >= 0.3 is 0 Å². The molecule has 4 heteroatoms. The van der Waals surface area contributed by atoms with Gasteiger partial charge in [-0.1, -0.05) is 17.3 Å². The van der Waals surface area contributed by atoms with Crippen molar-refractivity contribution in [2.45, 2.75) is 26.7 Å². The summed E-state index contributed by atoms with van der Waals surface area (Å²) in [5.74, 6) is 0.355. The van der Waals surface area contributed by atoms with Gasteiger partial charge in [0, 0.05) is 11.6 Å². The topological polar surface area (TPSA) is 50.7 Å². The largest absolute Gasteiger partial charge is 0.396 e. The molecule has 2 rings (SSSR count). The number of anilines is 1. The zero-order chi connectivity index (χ0) is 13.0. The summed E-state index contributed by atoms with van der Waals surface area (Å²) in [7, 11) is 0. The van der Waals surface area contributed by atoms with E-state index in [1.54, 1.807) is 0 Å². The third-order valence-corrected chi connectivity index (χ3v) is 2.85. The second-order valence-corrected chi connectivity index (χ2v) is 4.44. The van der Waals surface area contributed by atoms with Gasteiger partial charge in [-0.15, -0.1) is 0 Å². The fourth-order valence-corrected chi connectivity index (χ4v) is 1.60. The Morgan fingerprint density at radius 2 is 2.06 bits per heavy atom. The van der Waals surface area contributed by atoms with Crippen molar-refractivity contribution < 1.29 is 9.63 Å². The highest BCUT2D eigenvalue weighted by Crippen LogP contribution is 2.30. The number of amides is 1. The molecule has 1 amide bonds. The fraction of sp³-hybridized carbons (Fsp3) is 0.429. The third kappa shape index (κ3) is 3.32. The smallest absolute Gasteiger partial charge is 0.227 e. The van der Waals surface area contributed by atoms with Gasteiger partial charge < -0.3 is 10.2 Å². The molecule has 0 aromatic heterocycles. The van der Waals surface area contributed by atoms with Gasteiger partial charge in [0.1, 0.15) is 6.61 Å². The van der Waals surface area contributed by atoms with E-state index in [2.05, 4.69) is 10.5 Å². The van der Waals surface area contributed by atoms with Crippen LogP contribution >= 0.6 is 0 Å². The molecule has 0 atom stereocenters. The number of oxime groups is 1. The summed E-state index contributed by atoms with van der Waals surface area (Å²) >= 11 is 0. The molecule has 0 aliphatic heterocycles. The molecule has 1 aliphatic rings. The van der Waals surface area contributed by atoms with E-state index in [0.29, 0.717) is 6.61 Å². The minimum atomic E-state index is 0.127. The lowest BCUT2D eigenvalue weighted by molar-refractivity contribution is -0.117. The Bertz CT molecular complexity index is 447. The van der Waals surface area contributed by atoms with E-state index in [1.165, 1.54) is 0 Å². The van der Waals surface area contributed by atoms with Gasteiger partial charge in [-0.3, -0.25) is 4.79 Å². The molecule has 0 bridgehead atoms. The first-order valence-corrected chi connectivity index (χ1v) is 6.28. The third-order valence-electron chi connectivity index (χ3n) is 2.85. The van der Waals surface area contributed by atoms with Crippen molar-refractivity contribution in [3.8, 4) is 0 Å². The van der Waals surface area contributed by atoms with Crippen LogP contribution in [-0.2, 0) is 9.63 Å². The van der Waals surface area contributed by atoms with E-state index in [1.807, 2.05) is 38.1 Å². The molecule has 1 saturated carbocycles. The molecule has 1 aliphatic carbocycles. The predicted octanol–water partition coefficient (Wildman–Crippen LogP) is 2.80. The summed E-state index contributed by atoms with van der Waals surface area (Å²) < 4.78 is 0. The summed E-state index contributed by atoms with van der Waals surface area (Å²) in [5.41, 5.74) is 2.66. The van der Waals surface area contributed by atoms with Gasteiger partial charge in [-0.25, -0.2) is 0 Å². The van der Waals surface area contributed by atoms with Crippen molar-refractivity contribution in [3.05, 3.63) is 29.8 Å². The Hall–Kier alpha value is -1.84. The molecule has 0 unspecified atom stereocenters. The Kier molecular flexibility index (Phi) is 3.97. The highest BCUT2D eigenvalue weighted by Gasteiger charge is 2.29. The molecular weight excluding hydrogens is 228 g/mol. The number of rotatable bonds is 5. The molecule has 0 heterocycles. The van der Waals surface area contributed by atoms with Gasteiger partial charge in [0.15, 0.2) is 0 Å². The zero-order valence-corrected chi connectivity index (χ0v) is 10.8. The lowest BCUT2D eigenvalue weighted by Crippen LogP contribution is -2.13. The average Bonchev–Trinajstić information content (AvgIpc) is 3.21. The second kappa shape index (κ2) is 5.67. The van der Waals surface area contributed by atoms with Crippen molar-refractivity contribution in [1.29, 1.82) is 0 Å². The Labute approximate surface area is 107 Å². The summed E-state index contributed by atoms with van der Waals surface area (Å²) in [6.07, 6.45) is 2.04. The van der Waals surface area contributed by atoms with Crippen molar-refractivity contribution >= 4 is 17.3 Å². The predicted molar refractivity (Wildman–Crippen MR) is 71.6 cm³/mol. The minimum absolute atomic E-state index is 0.127. The molecular formula is C14H18N2O2. The molecule has 18 heavy (non-hydrogen) atoms. The summed E-state index contributed by atoms with van der Waals surface area (Å²) in [6.45, 7) is 4.35. The molecule has 96 valence electrons. The van der Waals surface area contributed by atoms with Crippen molar-refractivity contribution in [2.24, 2.45) is 11.1 Å². The molecule has 1 aromatic rings. The number of hydrogen-bond donors (Lipinski definition) is 1. The Morgan fingerprint density at radius 3 is 2.61 bits per heavy atom. The van der Waals surface area contributed by atoms with Gasteiger partial charge in [0.05, 0.1) is 5.71 Å². The maximum atomic E-state index is 11.6. The quantitative estimate of drug-likeness (QED) is 0.641. The van der Waals surface area contributed by atoms with Gasteiger partial charge in [0.2, 0.25) is 5.91 Å². The minimum Gasteiger partial charge on any atom is -0.396 e. The number of carbonyl (C=O) groups is 1. The van der Waals surface area contributed by atoms with Crippen LogP contribution in [0.25, 0.3) is 0 Å². The Balaban J connectivity index is 1.98. The highest BCUT2D eigenvalue weighted by molar-refractivity contribution is 5.99. The van der Waals surface area contributed by atoms with Crippen LogP contribution in [0.1, 0.15) is 32.3 Å². The lowest BCUT2D eigenvalue weighted by Gasteiger charge is -2.05. The lowest BCUT2D eigenvalue weighted by atomic mass is 10.1. The molecule has 0 spiro atoms. The monoisotopic (exact) mass is 246 g/mol. The molecule has 1 N–H and O–H groups in total. The van der Waals surface area contributed by atoms with Crippen LogP contribution in [0.15, 0.2) is 29.4 Å². The molecule has 0 saturated heterocycles. The SMILES string of the molecule is CCO/N=C(\C)c1ccc(NC(=O)C2CC2)cc1. The van der Waals surface area contributed by atoms with E-state index >= 15 is 0 Å². The number of hydrogen-bond acceptors (Lipinski definition) is 3. The summed E-state index contributed by atoms with van der Waals surface area (Å²) in [6, 6.07) is 7.64. The first-order valence-electron chi connectivity index (χ1n) is 6.28. The highest BCUT2D eigenvalue weighted by atomic mass is 16.6. The first-order chi connectivity index (χ1) is 8.70. The zero-order valence-electron chi connectivity index (χ0n) is 10.8. The van der Waals surface area contributed by atoms with Crippen LogP contribution in [0.2, 0.25) is 0 Å². The van der Waals surface area contributed by atoms with Gasteiger partial charge in [-0.05, 0) is 44.4 Å². The molecule has 4 nitrogen and oxygen atoms in total. The normalized spacial score (nSPS) is 15.3. The van der Waals surface area contributed by atoms with Crippen LogP contribution in [0, 0.1) is 5.92 Å². The molecule has 0 radical (unpaired) electrons. The van der Waals surface area contributed by atoms with Crippen LogP contribution in [0.5, 0.6) is 0 Å². The average molecular weight is 246 g/mol. The summed E-state index contributed by atoms with van der Waals surface area (Å²) in [4.78, 5) is 16.6. The van der Waals surface area contributed by atoms with Crippen molar-refractivity contribution in [2.75, 3.05) is 11.9 Å². The van der Waals surface area contributed by atoms with Crippen LogP contribution in [0.3, 0.4) is 0 Å². The number of carbonyl (C=O) groups excluding carboxylic acids is 1. The van der Waals surface area contributed by atoms with E-state index < -0.39 is 0 Å². The molecule has 1 fully saturated rings. The maximum Gasteiger partial charge on any atom is 0.227 e. The van der Waals surface area contributed by atoms with Crippen molar-refractivity contribution in [3.63, 3.8) is 0 Å². The van der Waals surface area contributed by atoms with Crippen molar-refractivity contribution in [1.82, 2.24) is 0 Å². The fourth-order valence-electron chi connectivity index (χ4n) is 1.60. The number of nitrogens with one attached hydrogen (secondary N) is 1. The number of nitrogens with zero attached hydrogens (tertiary/aromatic N) is 1. The van der Waals surface area contributed by atoms with E-state index in [9.17, 15) is 4.79 Å².